The summed E-state index contributed by atoms with van der Waals surface area (Å²) >= 11 is 7.05. The van der Waals surface area contributed by atoms with E-state index in [4.69, 9.17) is 16.3 Å². The number of aromatic nitrogens is 2. The monoisotopic (exact) mass is 499 g/mol. The molecule has 180 valence electrons. The zero-order chi connectivity index (χ0) is 25.0. The van der Waals surface area contributed by atoms with Crippen molar-refractivity contribution < 1.29 is 19.1 Å². The first-order valence-electron chi connectivity index (χ1n) is 11.7. The molecule has 0 saturated carbocycles. The summed E-state index contributed by atoms with van der Waals surface area (Å²) in [5.41, 5.74) is 3.48. The maximum Gasteiger partial charge on any atom is 0.303 e. The van der Waals surface area contributed by atoms with Crippen molar-refractivity contribution in [3.05, 3.63) is 83.2 Å². The average molecular weight is 500 g/mol. The first kappa shape index (κ1) is 22.4. The highest BCUT2D eigenvalue weighted by Crippen LogP contribution is 2.44. The van der Waals surface area contributed by atoms with Gasteiger partial charge in [0, 0.05) is 40.5 Å². The molecule has 2 amide bonds. The third kappa shape index (κ3) is 3.46. The zero-order valence-electron chi connectivity index (χ0n) is 19.4. The van der Waals surface area contributed by atoms with Gasteiger partial charge in [0.05, 0.1) is 22.7 Å². The molecule has 0 fully saturated rings. The Balaban J connectivity index is 1.56. The molecular formula is C28H22ClN3O4. The van der Waals surface area contributed by atoms with E-state index in [9.17, 15) is 14.4 Å². The number of imide groups is 1. The lowest BCUT2D eigenvalue weighted by Crippen LogP contribution is -2.22. The molecule has 2 aromatic heterocycles. The fraction of sp³-hybridized carbons (Fsp3) is 0.179. The highest BCUT2D eigenvalue weighted by atomic mass is 35.5. The van der Waals surface area contributed by atoms with Crippen molar-refractivity contribution >= 4 is 62.3 Å². The topological polar surface area (TPSA) is 93.2 Å². The summed E-state index contributed by atoms with van der Waals surface area (Å²) in [5, 5.41) is 4.50. The van der Waals surface area contributed by atoms with Gasteiger partial charge in [0.1, 0.15) is 11.3 Å². The number of nitrogens with one attached hydrogen (secondary N) is 2. The van der Waals surface area contributed by atoms with E-state index in [1.54, 1.807) is 6.20 Å². The van der Waals surface area contributed by atoms with Gasteiger partial charge in [-0.3, -0.25) is 19.7 Å². The number of carbonyl (C=O) groups is 3. The van der Waals surface area contributed by atoms with Gasteiger partial charge >= 0.3 is 5.97 Å². The Morgan fingerprint density at radius 1 is 0.972 bits per heavy atom. The summed E-state index contributed by atoms with van der Waals surface area (Å²) in [6.07, 6.45) is 6.70. The highest BCUT2D eigenvalue weighted by molar-refractivity contribution is 6.52. The van der Waals surface area contributed by atoms with Crippen molar-refractivity contribution in [1.82, 2.24) is 14.9 Å². The third-order valence-electron chi connectivity index (χ3n) is 6.83. The zero-order valence-corrected chi connectivity index (χ0v) is 20.1. The number of rotatable bonds is 4. The van der Waals surface area contributed by atoms with Gasteiger partial charge in [-0.15, -0.1) is 0 Å². The molecule has 1 aliphatic heterocycles. The fourth-order valence-electron chi connectivity index (χ4n) is 5.33. The van der Waals surface area contributed by atoms with Crippen molar-refractivity contribution in [3.8, 4) is 0 Å². The molecule has 2 N–H and O–H groups in total. The summed E-state index contributed by atoms with van der Waals surface area (Å²) in [6, 6.07) is 15.2. The minimum atomic E-state index is -0.473. The van der Waals surface area contributed by atoms with E-state index in [1.807, 2.05) is 65.3 Å². The number of para-hydroxylation sites is 2. The molecular weight excluding hydrogens is 478 g/mol. The number of nitrogens with zero attached hydrogens (tertiary/aromatic N) is 1. The minimum absolute atomic E-state index is 0.0970. The largest absolute Gasteiger partial charge is 0.458 e. The number of esters is 1. The number of halogens is 1. The Bertz CT molecular complexity index is 1640. The van der Waals surface area contributed by atoms with Crippen molar-refractivity contribution in [1.29, 1.82) is 0 Å². The van der Waals surface area contributed by atoms with E-state index in [0.717, 1.165) is 21.8 Å². The molecule has 0 saturated heterocycles. The van der Waals surface area contributed by atoms with E-state index < -0.39 is 11.8 Å². The molecule has 7 nitrogen and oxygen atoms in total. The van der Waals surface area contributed by atoms with Gasteiger partial charge < -0.3 is 14.3 Å². The molecule has 2 atom stereocenters. The molecule has 36 heavy (non-hydrogen) atoms. The molecule has 6 rings (SSSR count). The van der Waals surface area contributed by atoms with Gasteiger partial charge in [-0.25, -0.2) is 0 Å². The minimum Gasteiger partial charge on any atom is -0.458 e. The highest BCUT2D eigenvalue weighted by Gasteiger charge is 2.37. The number of ether oxygens (including phenoxy) is 1. The summed E-state index contributed by atoms with van der Waals surface area (Å²) in [7, 11) is 0. The van der Waals surface area contributed by atoms with Gasteiger partial charge in [-0.1, -0.05) is 54.1 Å². The normalized spacial score (nSPS) is 19.9. The van der Waals surface area contributed by atoms with Crippen LogP contribution in [0.5, 0.6) is 0 Å². The second-order valence-corrected chi connectivity index (χ2v) is 9.37. The van der Waals surface area contributed by atoms with Crippen LogP contribution in [0, 0.1) is 0 Å². The van der Waals surface area contributed by atoms with E-state index in [2.05, 4.69) is 10.3 Å². The summed E-state index contributed by atoms with van der Waals surface area (Å²) in [6.45, 7) is 1.40. The maximum atomic E-state index is 13.2. The van der Waals surface area contributed by atoms with Crippen LogP contribution in [-0.4, -0.2) is 33.4 Å². The van der Waals surface area contributed by atoms with Crippen LogP contribution in [0.15, 0.2) is 66.9 Å². The predicted octanol–water partition coefficient (Wildman–Crippen LogP) is 5.17. The molecule has 0 spiro atoms. The number of aromatic amines is 1. The summed E-state index contributed by atoms with van der Waals surface area (Å²) in [5.74, 6) is -1.24. The number of hydrogen-bond donors (Lipinski definition) is 2. The van der Waals surface area contributed by atoms with Crippen LogP contribution in [-0.2, 0) is 19.1 Å². The van der Waals surface area contributed by atoms with Gasteiger partial charge in [0.15, 0.2) is 0 Å². The van der Waals surface area contributed by atoms with Gasteiger partial charge in [0.25, 0.3) is 11.8 Å². The van der Waals surface area contributed by atoms with Crippen LogP contribution in [0.1, 0.15) is 36.9 Å². The number of allylic oxidation sites excluding steroid dienone is 1. The molecule has 0 radical (unpaired) electrons. The Kier molecular flexibility index (Phi) is 5.30. The Morgan fingerprint density at radius 2 is 1.69 bits per heavy atom. The number of hydrogen-bond acceptors (Lipinski definition) is 4. The smallest absolute Gasteiger partial charge is 0.303 e. The van der Waals surface area contributed by atoms with Crippen LogP contribution >= 0.6 is 11.6 Å². The lowest BCUT2D eigenvalue weighted by Gasteiger charge is -2.25. The number of fused-ring (bicyclic) bond motifs is 2. The van der Waals surface area contributed by atoms with Gasteiger partial charge in [-0.2, -0.15) is 0 Å². The SMILES string of the molecule is CC(=O)O[C@H]1C=CC(n2c(Cl)c(C3=C(c4c[nH]c5ccccc45)C(=O)NC3=O)c3ccccc32)CC1. The quantitative estimate of drug-likeness (QED) is 0.230. The Hall–Kier alpha value is -4.10. The first-order valence-corrected chi connectivity index (χ1v) is 12.1. The summed E-state index contributed by atoms with van der Waals surface area (Å²) in [4.78, 5) is 40.9. The Labute approximate surface area is 211 Å². The number of amides is 2. The van der Waals surface area contributed by atoms with Gasteiger partial charge in [-0.05, 0) is 31.1 Å². The average Bonchev–Trinajstić information content (AvgIpc) is 3.49. The molecule has 0 bridgehead atoms. The van der Waals surface area contributed by atoms with Crippen molar-refractivity contribution in [2.24, 2.45) is 0 Å². The van der Waals surface area contributed by atoms with Crippen LogP contribution in [0.2, 0.25) is 5.15 Å². The molecule has 4 aromatic rings. The van der Waals surface area contributed by atoms with E-state index in [0.29, 0.717) is 34.7 Å². The number of carbonyl (C=O) groups excluding carboxylic acids is 3. The third-order valence-corrected chi connectivity index (χ3v) is 7.21. The van der Waals surface area contributed by atoms with Crippen LogP contribution in [0.4, 0.5) is 0 Å². The number of H-pyrrole nitrogens is 1. The van der Waals surface area contributed by atoms with Crippen LogP contribution < -0.4 is 5.32 Å². The molecule has 8 heteroatoms. The molecule has 1 aliphatic carbocycles. The Morgan fingerprint density at radius 3 is 2.44 bits per heavy atom. The van der Waals surface area contributed by atoms with E-state index in [-0.39, 0.29) is 23.7 Å². The lowest BCUT2D eigenvalue weighted by atomic mass is 9.95. The standard InChI is InChI=1S/C28H22ClN3O4/c1-15(33)36-17-12-10-16(11-13-17)32-22-9-5-3-7-19(22)23(26(32)29)25-24(27(34)31-28(25)35)20-14-30-21-8-4-2-6-18(20)21/h2-10,12,14,16-17,30H,11,13H2,1H3,(H,31,34,35)/t16?,17-/m0/s1. The molecule has 3 heterocycles. The van der Waals surface area contributed by atoms with E-state index in [1.165, 1.54) is 6.92 Å². The van der Waals surface area contributed by atoms with Crippen molar-refractivity contribution in [2.75, 3.05) is 0 Å². The lowest BCUT2D eigenvalue weighted by molar-refractivity contribution is -0.144. The van der Waals surface area contributed by atoms with Crippen LogP contribution in [0.25, 0.3) is 33.0 Å². The second kappa shape index (κ2) is 8.53. The van der Waals surface area contributed by atoms with Gasteiger partial charge in [0.2, 0.25) is 0 Å². The predicted molar refractivity (Wildman–Crippen MR) is 138 cm³/mol. The maximum absolute atomic E-state index is 13.2. The second-order valence-electron chi connectivity index (χ2n) is 9.01. The molecule has 2 aliphatic rings. The van der Waals surface area contributed by atoms with Crippen molar-refractivity contribution in [3.63, 3.8) is 0 Å². The van der Waals surface area contributed by atoms with Crippen LogP contribution in [0.3, 0.4) is 0 Å². The fourth-order valence-corrected chi connectivity index (χ4v) is 5.74. The van der Waals surface area contributed by atoms with Crippen molar-refractivity contribution in [2.45, 2.75) is 31.9 Å². The molecule has 1 unspecified atom stereocenters. The summed E-state index contributed by atoms with van der Waals surface area (Å²) < 4.78 is 7.32. The first-order chi connectivity index (χ1) is 17.4. The van der Waals surface area contributed by atoms with E-state index >= 15 is 0 Å². The number of benzene rings is 2. The molecule has 2 aromatic carbocycles.